The van der Waals surface area contributed by atoms with E-state index in [0.717, 1.165) is 11.3 Å². The number of aryl methyl sites for hydroxylation is 1. The second-order valence-electron chi connectivity index (χ2n) is 6.74. The monoisotopic (exact) mass is 361 g/mol. The van der Waals surface area contributed by atoms with Gasteiger partial charge in [0.1, 0.15) is 11.5 Å². The molecule has 6 heteroatoms. The molecule has 0 radical (unpaired) electrons. The molecule has 1 aliphatic heterocycles. The van der Waals surface area contributed by atoms with Gasteiger partial charge >= 0.3 is 0 Å². The van der Waals surface area contributed by atoms with Crippen molar-refractivity contribution in [2.45, 2.75) is 32.1 Å². The van der Waals surface area contributed by atoms with E-state index >= 15 is 0 Å². The second kappa shape index (κ2) is 6.59. The summed E-state index contributed by atoms with van der Waals surface area (Å²) in [6.07, 6.45) is 0.707. The molecule has 134 valence electrons. The first-order valence-corrected chi connectivity index (χ1v) is 9.81. The molecule has 5 nitrogen and oxygen atoms in total. The van der Waals surface area contributed by atoms with Gasteiger partial charge in [-0.25, -0.2) is 8.42 Å². The van der Waals surface area contributed by atoms with Gasteiger partial charge < -0.3 is 9.84 Å². The fourth-order valence-corrected chi connectivity index (χ4v) is 4.64. The normalized spacial score (nSPS) is 13.6. The van der Waals surface area contributed by atoms with Crippen LogP contribution in [-0.2, 0) is 16.4 Å². The number of phenols is 1. The number of fused-ring (bicyclic) bond motifs is 1. The highest BCUT2D eigenvalue weighted by atomic mass is 32.2. The van der Waals surface area contributed by atoms with E-state index in [4.69, 9.17) is 4.74 Å². The van der Waals surface area contributed by atoms with Gasteiger partial charge in [0, 0.05) is 13.0 Å². The summed E-state index contributed by atoms with van der Waals surface area (Å²) in [6.45, 7) is 6.52. The van der Waals surface area contributed by atoms with E-state index in [-0.39, 0.29) is 23.1 Å². The summed E-state index contributed by atoms with van der Waals surface area (Å²) in [5.74, 6) is 0.844. The maximum atomic E-state index is 13.3. The molecule has 0 bridgehead atoms. The zero-order chi connectivity index (χ0) is 18.2. The maximum Gasteiger partial charge on any atom is 0.264 e. The lowest BCUT2D eigenvalue weighted by molar-refractivity contribution is 0.356. The van der Waals surface area contributed by atoms with Crippen LogP contribution in [0.5, 0.6) is 11.5 Å². The molecule has 0 aromatic heterocycles. The number of hydrogen-bond donors (Lipinski definition) is 1. The molecule has 0 saturated heterocycles. The van der Waals surface area contributed by atoms with Gasteiger partial charge in [-0.15, -0.1) is 0 Å². The molecule has 0 aliphatic carbocycles. The Morgan fingerprint density at radius 3 is 2.72 bits per heavy atom. The standard InChI is InChI=1S/C19H23NO4S/c1-13(2)12-20(17-6-4-5-14(3)19(17)21)25(22,23)16-7-8-18-15(11-16)9-10-24-18/h4-8,11,13,21H,9-10,12H2,1-3H3. The summed E-state index contributed by atoms with van der Waals surface area (Å²) in [7, 11) is -3.79. The zero-order valence-electron chi connectivity index (χ0n) is 14.7. The highest BCUT2D eigenvalue weighted by Gasteiger charge is 2.29. The molecule has 0 unspecified atom stereocenters. The van der Waals surface area contributed by atoms with E-state index in [1.807, 2.05) is 13.8 Å². The molecular formula is C19H23NO4S. The first-order chi connectivity index (χ1) is 11.8. The number of ether oxygens (including phenoxy) is 1. The Bertz CT molecular complexity index is 890. The molecule has 1 N–H and O–H groups in total. The number of phenolic OH excluding ortho intramolecular Hbond substituents is 1. The minimum atomic E-state index is -3.79. The van der Waals surface area contributed by atoms with E-state index < -0.39 is 10.0 Å². The van der Waals surface area contributed by atoms with Crippen molar-refractivity contribution < 1.29 is 18.3 Å². The number of aromatic hydroxyl groups is 1. The lowest BCUT2D eigenvalue weighted by Crippen LogP contribution is -2.34. The van der Waals surface area contributed by atoms with Crippen molar-refractivity contribution in [3.63, 3.8) is 0 Å². The van der Waals surface area contributed by atoms with Crippen LogP contribution in [-0.4, -0.2) is 26.7 Å². The number of hydrogen-bond acceptors (Lipinski definition) is 4. The van der Waals surface area contributed by atoms with Gasteiger partial charge in [0.05, 0.1) is 17.2 Å². The molecule has 1 heterocycles. The van der Waals surface area contributed by atoms with Crippen molar-refractivity contribution in [2.24, 2.45) is 5.92 Å². The van der Waals surface area contributed by atoms with E-state index in [9.17, 15) is 13.5 Å². The van der Waals surface area contributed by atoms with Crippen LogP contribution in [0.2, 0.25) is 0 Å². The third-order valence-electron chi connectivity index (χ3n) is 4.27. The number of para-hydroxylation sites is 1. The summed E-state index contributed by atoms with van der Waals surface area (Å²) < 4.78 is 33.4. The third-order valence-corrected chi connectivity index (χ3v) is 6.04. The Hall–Kier alpha value is -2.21. The Labute approximate surface area is 148 Å². The number of benzene rings is 2. The highest BCUT2D eigenvalue weighted by Crippen LogP contribution is 2.36. The van der Waals surface area contributed by atoms with Gasteiger partial charge in [-0.1, -0.05) is 26.0 Å². The minimum absolute atomic E-state index is 0.00350. The zero-order valence-corrected chi connectivity index (χ0v) is 15.5. The van der Waals surface area contributed by atoms with Crippen LogP contribution in [0.4, 0.5) is 5.69 Å². The van der Waals surface area contributed by atoms with Crippen LogP contribution in [0.15, 0.2) is 41.3 Å². The largest absolute Gasteiger partial charge is 0.505 e. The molecule has 1 aliphatic rings. The predicted octanol–water partition coefficient (Wildman–Crippen LogP) is 3.49. The van der Waals surface area contributed by atoms with Crippen LogP contribution in [0.1, 0.15) is 25.0 Å². The summed E-state index contributed by atoms with van der Waals surface area (Å²) >= 11 is 0. The average molecular weight is 361 g/mol. The Kier molecular flexibility index (Phi) is 4.64. The molecular weight excluding hydrogens is 338 g/mol. The molecule has 0 saturated carbocycles. The topological polar surface area (TPSA) is 66.8 Å². The molecule has 2 aromatic carbocycles. The van der Waals surface area contributed by atoms with E-state index in [0.29, 0.717) is 24.3 Å². The quantitative estimate of drug-likeness (QED) is 0.885. The lowest BCUT2D eigenvalue weighted by atomic mass is 10.1. The first kappa shape index (κ1) is 17.6. The van der Waals surface area contributed by atoms with Crippen molar-refractivity contribution in [1.29, 1.82) is 0 Å². The van der Waals surface area contributed by atoms with Crippen LogP contribution in [0.3, 0.4) is 0 Å². The maximum absolute atomic E-state index is 13.3. The summed E-state index contributed by atoms with van der Waals surface area (Å²) in [5.41, 5.74) is 1.85. The van der Waals surface area contributed by atoms with E-state index in [1.54, 1.807) is 43.3 Å². The Balaban J connectivity index is 2.10. The van der Waals surface area contributed by atoms with Crippen LogP contribution in [0, 0.1) is 12.8 Å². The first-order valence-electron chi connectivity index (χ1n) is 8.37. The van der Waals surface area contributed by atoms with Crippen LogP contribution < -0.4 is 9.04 Å². The van der Waals surface area contributed by atoms with Gasteiger partial charge in [0.25, 0.3) is 10.0 Å². The summed E-state index contributed by atoms with van der Waals surface area (Å²) in [4.78, 5) is 0.221. The molecule has 25 heavy (non-hydrogen) atoms. The van der Waals surface area contributed by atoms with E-state index in [2.05, 4.69) is 0 Å². The molecule has 0 amide bonds. The molecule has 0 spiro atoms. The fraction of sp³-hybridized carbons (Fsp3) is 0.368. The van der Waals surface area contributed by atoms with Crippen molar-refractivity contribution in [3.05, 3.63) is 47.5 Å². The van der Waals surface area contributed by atoms with E-state index in [1.165, 1.54) is 4.31 Å². The third kappa shape index (κ3) is 3.31. The van der Waals surface area contributed by atoms with Gasteiger partial charge in [0.15, 0.2) is 0 Å². The summed E-state index contributed by atoms with van der Waals surface area (Å²) in [5, 5.41) is 10.4. The molecule has 2 aromatic rings. The highest BCUT2D eigenvalue weighted by molar-refractivity contribution is 7.92. The second-order valence-corrected chi connectivity index (χ2v) is 8.60. The fourth-order valence-electron chi connectivity index (χ4n) is 2.95. The minimum Gasteiger partial charge on any atom is -0.505 e. The number of rotatable bonds is 5. The molecule has 0 atom stereocenters. The number of anilines is 1. The van der Waals surface area contributed by atoms with Gasteiger partial charge in [-0.2, -0.15) is 0 Å². The lowest BCUT2D eigenvalue weighted by Gasteiger charge is -2.27. The SMILES string of the molecule is Cc1cccc(N(CC(C)C)S(=O)(=O)c2ccc3c(c2)CCO3)c1O. The predicted molar refractivity (Wildman–Crippen MR) is 97.9 cm³/mol. The van der Waals surface area contributed by atoms with Gasteiger partial charge in [-0.05, 0) is 48.2 Å². The van der Waals surface area contributed by atoms with Crippen molar-refractivity contribution >= 4 is 15.7 Å². The Morgan fingerprint density at radius 1 is 1.24 bits per heavy atom. The van der Waals surface area contributed by atoms with Crippen molar-refractivity contribution in [1.82, 2.24) is 0 Å². The van der Waals surface area contributed by atoms with Gasteiger partial charge in [0.2, 0.25) is 0 Å². The number of sulfonamides is 1. The van der Waals surface area contributed by atoms with Gasteiger partial charge in [-0.3, -0.25) is 4.31 Å². The van der Waals surface area contributed by atoms with Crippen molar-refractivity contribution in [2.75, 3.05) is 17.5 Å². The Morgan fingerprint density at radius 2 is 2.00 bits per heavy atom. The van der Waals surface area contributed by atoms with Crippen LogP contribution in [0.25, 0.3) is 0 Å². The molecule has 0 fully saturated rings. The molecule has 3 rings (SSSR count). The van der Waals surface area contributed by atoms with Crippen LogP contribution >= 0.6 is 0 Å². The van der Waals surface area contributed by atoms with Crippen molar-refractivity contribution in [3.8, 4) is 11.5 Å². The summed E-state index contributed by atoms with van der Waals surface area (Å²) in [6, 6.07) is 10.1. The number of nitrogens with zero attached hydrogens (tertiary/aromatic N) is 1. The average Bonchev–Trinajstić information content (AvgIpc) is 3.03. The smallest absolute Gasteiger partial charge is 0.264 e.